The molecule has 33 heavy (non-hydrogen) atoms. The van der Waals surface area contributed by atoms with Gasteiger partial charge in [-0.05, 0) is 60.8 Å². The van der Waals surface area contributed by atoms with Gasteiger partial charge in [0.1, 0.15) is 12.4 Å². The predicted molar refractivity (Wildman–Crippen MR) is 122 cm³/mol. The van der Waals surface area contributed by atoms with Crippen LogP contribution >= 0.6 is 0 Å². The van der Waals surface area contributed by atoms with Crippen LogP contribution in [0, 0.1) is 42.4 Å². The molecule has 168 valence electrons. The molecule has 0 N–H and O–H groups in total. The van der Waals surface area contributed by atoms with E-state index in [-0.39, 0.29) is 48.1 Å². The third-order valence-electron chi connectivity index (χ3n) is 8.03. The summed E-state index contributed by atoms with van der Waals surface area (Å²) in [6, 6.07) is 14.6. The fourth-order valence-electron chi connectivity index (χ4n) is 6.36. The molecule has 0 radical (unpaired) electrons. The number of imide groups is 1. The Kier molecular flexibility index (Phi) is 4.47. The van der Waals surface area contributed by atoms with Gasteiger partial charge in [-0.3, -0.25) is 24.2 Å². The summed E-state index contributed by atoms with van der Waals surface area (Å²) in [5, 5.41) is 0. The van der Waals surface area contributed by atoms with Gasteiger partial charge in [0.05, 0.1) is 24.6 Å². The highest BCUT2D eigenvalue weighted by Gasteiger charge is 2.67. The van der Waals surface area contributed by atoms with Crippen LogP contribution in [0.5, 0.6) is 5.75 Å². The van der Waals surface area contributed by atoms with Crippen LogP contribution in [0.2, 0.25) is 0 Å². The number of carbonyl (C=O) groups is 3. The largest absolute Gasteiger partial charge is 0.495 e. The number of methoxy groups -OCH3 is 1. The molecule has 2 saturated carbocycles. The quantitative estimate of drug-likeness (QED) is 0.524. The van der Waals surface area contributed by atoms with E-state index in [1.807, 2.05) is 37.3 Å². The first kappa shape index (κ1) is 20.2. The molecule has 0 aromatic heterocycles. The van der Waals surface area contributed by atoms with Gasteiger partial charge in [-0.1, -0.05) is 42.5 Å². The number of rotatable bonds is 5. The Balaban J connectivity index is 1.38. The molecule has 7 rings (SSSR count). The van der Waals surface area contributed by atoms with Crippen LogP contribution < -0.4 is 9.64 Å². The van der Waals surface area contributed by atoms with E-state index < -0.39 is 0 Å². The van der Waals surface area contributed by atoms with Crippen LogP contribution in [0.1, 0.15) is 22.3 Å². The third kappa shape index (κ3) is 2.89. The van der Waals surface area contributed by atoms with Crippen molar-refractivity contribution >= 4 is 23.4 Å². The zero-order valence-corrected chi connectivity index (χ0v) is 18.7. The van der Waals surface area contributed by atoms with Crippen LogP contribution in [-0.4, -0.2) is 36.4 Å². The van der Waals surface area contributed by atoms with E-state index in [1.54, 1.807) is 25.3 Å². The highest BCUT2D eigenvalue weighted by Crippen LogP contribution is 2.65. The summed E-state index contributed by atoms with van der Waals surface area (Å²) in [5.41, 5.74) is 1.90. The molecule has 4 aliphatic carbocycles. The summed E-state index contributed by atoms with van der Waals surface area (Å²) in [6.45, 7) is 1.76. The van der Waals surface area contributed by atoms with Crippen LogP contribution in [0.15, 0.2) is 60.7 Å². The molecule has 6 atom stereocenters. The molecule has 6 heteroatoms. The Morgan fingerprint density at radius 3 is 2.21 bits per heavy atom. The Hall–Kier alpha value is -3.41. The van der Waals surface area contributed by atoms with E-state index in [0.717, 1.165) is 12.0 Å². The Morgan fingerprint density at radius 1 is 0.970 bits per heavy atom. The zero-order chi connectivity index (χ0) is 22.9. The van der Waals surface area contributed by atoms with Gasteiger partial charge in [0.2, 0.25) is 11.8 Å². The minimum atomic E-state index is -0.288. The average Bonchev–Trinajstić information content (AvgIpc) is 3.62. The van der Waals surface area contributed by atoms with E-state index in [4.69, 9.17) is 4.74 Å². The molecule has 0 unspecified atom stereocenters. The number of para-hydroxylation sites is 2. The first-order chi connectivity index (χ1) is 16.0. The van der Waals surface area contributed by atoms with E-state index in [2.05, 4.69) is 12.2 Å². The number of aryl methyl sites for hydroxylation is 1. The molecular weight excluding hydrogens is 416 g/mol. The number of carbonyl (C=O) groups excluding carboxylic acids is 3. The summed E-state index contributed by atoms with van der Waals surface area (Å²) in [6.07, 6.45) is 5.44. The highest BCUT2D eigenvalue weighted by atomic mass is 16.5. The van der Waals surface area contributed by atoms with Crippen molar-refractivity contribution in [1.29, 1.82) is 0 Å². The van der Waals surface area contributed by atoms with Crippen molar-refractivity contribution in [1.82, 2.24) is 4.90 Å². The van der Waals surface area contributed by atoms with Gasteiger partial charge in [-0.2, -0.15) is 0 Å². The SMILES string of the molecule is COc1ccccc1N(CN1C(=O)[C@@H]2[C@H]3C=C[C@@H]([C@@H]4C[C@H]34)[C@H]2C1=O)C(=O)c1ccccc1C. The molecule has 1 saturated heterocycles. The van der Waals surface area contributed by atoms with Gasteiger partial charge in [-0.25, -0.2) is 0 Å². The maximum atomic E-state index is 13.8. The number of ether oxygens (including phenoxy) is 1. The standard InChI is InChI=1S/C27H26N2O4/c1-15-7-3-4-8-16(15)25(30)28(21-9-5-6-10-22(21)33-2)14-29-26(31)23-17-11-12-18(20-13-19(17)20)24(23)27(29)32/h3-12,17-20,23-24H,13-14H2,1-2H3/t17-,18-,19-,20+,23+,24+/m0/s1. The van der Waals surface area contributed by atoms with Crippen molar-refractivity contribution in [3.8, 4) is 5.75 Å². The molecule has 0 spiro atoms. The van der Waals surface area contributed by atoms with Crippen LogP contribution in [0.3, 0.4) is 0 Å². The number of anilines is 1. The second kappa shape index (κ2) is 7.30. The molecule has 5 aliphatic rings. The summed E-state index contributed by atoms with van der Waals surface area (Å²) in [5.74, 6) is 0.758. The third-order valence-corrected chi connectivity index (χ3v) is 8.03. The fraction of sp³-hybridized carbons (Fsp3) is 0.370. The highest BCUT2D eigenvalue weighted by molar-refractivity contribution is 6.10. The monoisotopic (exact) mass is 442 g/mol. The van der Waals surface area contributed by atoms with Crippen molar-refractivity contribution in [3.63, 3.8) is 0 Å². The van der Waals surface area contributed by atoms with Crippen LogP contribution in [-0.2, 0) is 9.59 Å². The van der Waals surface area contributed by atoms with Gasteiger partial charge < -0.3 is 4.74 Å². The van der Waals surface area contributed by atoms with Crippen LogP contribution in [0.4, 0.5) is 5.69 Å². The van der Waals surface area contributed by atoms with Crippen molar-refractivity contribution in [2.45, 2.75) is 13.3 Å². The van der Waals surface area contributed by atoms with E-state index in [9.17, 15) is 14.4 Å². The maximum absolute atomic E-state index is 13.8. The topological polar surface area (TPSA) is 66.9 Å². The summed E-state index contributed by atoms with van der Waals surface area (Å²) in [4.78, 5) is 43.7. The Morgan fingerprint density at radius 2 is 1.58 bits per heavy atom. The molecule has 6 nitrogen and oxygen atoms in total. The van der Waals surface area contributed by atoms with E-state index >= 15 is 0 Å². The second-order valence-corrected chi connectivity index (χ2v) is 9.62. The smallest absolute Gasteiger partial charge is 0.260 e. The fourth-order valence-corrected chi connectivity index (χ4v) is 6.36. The number of allylic oxidation sites excluding steroid dienone is 2. The van der Waals surface area contributed by atoms with Gasteiger partial charge >= 0.3 is 0 Å². The second-order valence-electron chi connectivity index (χ2n) is 9.62. The van der Waals surface area contributed by atoms with E-state index in [1.165, 1.54) is 9.80 Å². The van der Waals surface area contributed by atoms with Gasteiger partial charge in [0.25, 0.3) is 5.91 Å². The van der Waals surface area contributed by atoms with Crippen LogP contribution in [0.25, 0.3) is 0 Å². The van der Waals surface area contributed by atoms with Gasteiger partial charge in [-0.15, -0.1) is 0 Å². The number of nitrogens with zero attached hydrogens (tertiary/aromatic N) is 2. The zero-order valence-electron chi connectivity index (χ0n) is 18.7. The minimum Gasteiger partial charge on any atom is -0.495 e. The van der Waals surface area contributed by atoms with Gasteiger partial charge in [0, 0.05) is 5.56 Å². The Bertz CT molecular complexity index is 1170. The lowest BCUT2D eigenvalue weighted by Gasteiger charge is -2.37. The van der Waals surface area contributed by atoms with Gasteiger partial charge in [0.15, 0.2) is 0 Å². The number of hydrogen-bond acceptors (Lipinski definition) is 4. The van der Waals surface area contributed by atoms with Crippen molar-refractivity contribution in [3.05, 3.63) is 71.8 Å². The van der Waals surface area contributed by atoms with Crippen molar-refractivity contribution < 1.29 is 19.1 Å². The predicted octanol–water partition coefficient (Wildman–Crippen LogP) is 3.66. The molecule has 3 fully saturated rings. The molecular formula is C27H26N2O4. The lowest BCUT2D eigenvalue weighted by Crippen LogP contribution is -2.45. The molecule has 1 aliphatic heterocycles. The number of amides is 3. The molecule has 2 aromatic carbocycles. The number of hydrogen-bond donors (Lipinski definition) is 0. The average molecular weight is 443 g/mol. The lowest BCUT2D eigenvalue weighted by atomic mass is 9.63. The first-order valence-corrected chi connectivity index (χ1v) is 11.6. The first-order valence-electron chi connectivity index (χ1n) is 11.6. The maximum Gasteiger partial charge on any atom is 0.260 e. The van der Waals surface area contributed by atoms with Crippen molar-refractivity contribution in [2.24, 2.45) is 35.5 Å². The summed E-state index contributed by atoms with van der Waals surface area (Å²) >= 11 is 0. The number of likely N-dealkylation sites (tertiary alicyclic amines) is 1. The number of benzene rings is 2. The minimum absolute atomic E-state index is 0.118. The van der Waals surface area contributed by atoms with E-state index in [0.29, 0.717) is 28.8 Å². The summed E-state index contributed by atoms with van der Waals surface area (Å²) in [7, 11) is 1.55. The Labute approximate surface area is 192 Å². The molecule has 2 bridgehead atoms. The summed E-state index contributed by atoms with van der Waals surface area (Å²) < 4.78 is 5.53. The normalized spacial score (nSPS) is 30.8. The molecule has 3 amide bonds. The lowest BCUT2D eigenvalue weighted by molar-refractivity contribution is -0.140. The van der Waals surface area contributed by atoms with Crippen molar-refractivity contribution in [2.75, 3.05) is 18.7 Å². The molecule has 2 aromatic rings. The molecule has 1 heterocycles.